The zero-order valence-electron chi connectivity index (χ0n) is 12.3. The number of aromatic nitrogens is 2. The molecule has 0 N–H and O–H groups in total. The Morgan fingerprint density at radius 3 is 2.40 bits per heavy atom. The highest BCUT2D eigenvalue weighted by Gasteiger charge is 2.18. The zero-order chi connectivity index (χ0) is 14.7. The number of aryl methyl sites for hydroxylation is 2. The molecule has 0 bridgehead atoms. The standard InChI is InChI=1S/C16H20N2OS/c1-5-6-16(18-8-7-17-11-18)20(19)15-9-12(2)14(4)13(3)10-15/h5-11,16H,1-4H3/b6-5+. The molecule has 0 aliphatic heterocycles. The Kier molecular flexibility index (Phi) is 4.55. The SMILES string of the molecule is C/C=C/C(n1ccnc1)S(=O)c1cc(C)c(C)c(C)c1. The number of allylic oxidation sites excluding steroid dienone is 1. The van der Waals surface area contributed by atoms with Crippen molar-refractivity contribution < 1.29 is 4.21 Å². The van der Waals surface area contributed by atoms with Crippen LogP contribution in [0.2, 0.25) is 0 Å². The summed E-state index contributed by atoms with van der Waals surface area (Å²) in [7, 11) is -1.14. The van der Waals surface area contributed by atoms with Crippen molar-refractivity contribution >= 4 is 10.8 Å². The van der Waals surface area contributed by atoms with E-state index in [2.05, 4.69) is 25.8 Å². The van der Waals surface area contributed by atoms with Crippen molar-refractivity contribution in [1.29, 1.82) is 0 Å². The summed E-state index contributed by atoms with van der Waals surface area (Å²) < 4.78 is 14.7. The number of benzene rings is 1. The first-order valence-electron chi connectivity index (χ1n) is 6.63. The van der Waals surface area contributed by atoms with Gasteiger partial charge in [0.05, 0.1) is 17.1 Å². The van der Waals surface area contributed by atoms with Gasteiger partial charge < -0.3 is 4.57 Å². The van der Waals surface area contributed by atoms with Crippen molar-refractivity contribution in [2.45, 2.75) is 38.0 Å². The van der Waals surface area contributed by atoms with Crippen molar-refractivity contribution in [2.24, 2.45) is 0 Å². The number of hydrogen-bond acceptors (Lipinski definition) is 2. The van der Waals surface area contributed by atoms with E-state index in [9.17, 15) is 4.21 Å². The maximum absolute atomic E-state index is 12.9. The van der Waals surface area contributed by atoms with Gasteiger partial charge in [0.15, 0.2) is 0 Å². The van der Waals surface area contributed by atoms with Crippen LogP contribution < -0.4 is 0 Å². The summed E-state index contributed by atoms with van der Waals surface area (Å²) in [6.45, 7) is 8.15. The molecular formula is C16H20N2OS. The van der Waals surface area contributed by atoms with Crippen molar-refractivity contribution in [3.63, 3.8) is 0 Å². The monoisotopic (exact) mass is 288 g/mol. The molecule has 3 nitrogen and oxygen atoms in total. The fourth-order valence-corrected chi connectivity index (χ4v) is 3.63. The second kappa shape index (κ2) is 6.18. The largest absolute Gasteiger partial charge is 0.318 e. The normalized spacial score (nSPS) is 14.6. The highest BCUT2D eigenvalue weighted by molar-refractivity contribution is 7.85. The van der Waals surface area contributed by atoms with Gasteiger partial charge >= 0.3 is 0 Å². The second-order valence-electron chi connectivity index (χ2n) is 4.91. The minimum Gasteiger partial charge on any atom is -0.318 e. The van der Waals surface area contributed by atoms with E-state index in [0.29, 0.717) is 0 Å². The molecule has 2 atom stereocenters. The first-order valence-corrected chi connectivity index (χ1v) is 7.84. The van der Waals surface area contributed by atoms with Gasteiger partial charge in [0.1, 0.15) is 5.37 Å². The zero-order valence-corrected chi connectivity index (χ0v) is 13.1. The number of hydrogen-bond donors (Lipinski definition) is 0. The summed E-state index contributed by atoms with van der Waals surface area (Å²) in [5.41, 5.74) is 3.62. The van der Waals surface area contributed by atoms with E-state index in [1.54, 1.807) is 12.5 Å². The fraction of sp³-hybridized carbons (Fsp3) is 0.312. The summed E-state index contributed by atoms with van der Waals surface area (Å²) in [5, 5.41) is -0.219. The highest BCUT2D eigenvalue weighted by atomic mass is 32.2. The molecule has 0 radical (unpaired) electrons. The molecule has 0 aliphatic rings. The molecule has 1 aromatic heterocycles. The van der Waals surface area contributed by atoms with Gasteiger partial charge in [-0.25, -0.2) is 4.98 Å². The number of rotatable bonds is 4. The highest BCUT2D eigenvalue weighted by Crippen LogP contribution is 2.25. The van der Waals surface area contributed by atoms with Crippen LogP contribution in [0, 0.1) is 20.8 Å². The third-order valence-electron chi connectivity index (χ3n) is 3.53. The van der Waals surface area contributed by atoms with E-state index >= 15 is 0 Å². The first-order chi connectivity index (χ1) is 9.54. The molecule has 0 saturated heterocycles. The van der Waals surface area contributed by atoms with Crippen LogP contribution in [0.15, 0.2) is 47.9 Å². The molecule has 0 amide bonds. The quantitative estimate of drug-likeness (QED) is 0.804. The van der Waals surface area contributed by atoms with Gasteiger partial charge in [-0.1, -0.05) is 12.2 Å². The molecule has 0 saturated carbocycles. The lowest BCUT2D eigenvalue weighted by molar-refractivity contribution is 0.658. The van der Waals surface area contributed by atoms with Crippen LogP contribution in [0.1, 0.15) is 29.0 Å². The maximum atomic E-state index is 12.9. The Morgan fingerprint density at radius 1 is 1.25 bits per heavy atom. The molecule has 106 valence electrons. The molecule has 2 unspecified atom stereocenters. The van der Waals surface area contributed by atoms with Gasteiger partial charge in [0.25, 0.3) is 0 Å². The van der Waals surface area contributed by atoms with Crippen molar-refractivity contribution in [1.82, 2.24) is 9.55 Å². The molecule has 2 aromatic rings. The van der Waals surface area contributed by atoms with E-state index in [-0.39, 0.29) is 5.37 Å². The molecule has 4 heteroatoms. The smallest absolute Gasteiger partial charge is 0.133 e. The minimum absolute atomic E-state index is 0.219. The summed E-state index contributed by atoms with van der Waals surface area (Å²) in [5.74, 6) is 0. The van der Waals surface area contributed by atoms with Gasteiger partial charge in [-0.05, 0) is 56.5 Å². The average Bonchev–Trinajstić information content (AvgIpc) is 2.94. The first kappa shape index (κ1) is 14.7. The topological polar surface area (TPSA) is 34.9 Å². The fourth-order valence-electron chi connectivity index (χ4n) is 2.12. The Hall–Kier alpha value is -1.68. The Morgan fingerprint density at radius 2 is 1.90 bits per heavy atom. The lowest BCUT2D eigenvalue weighted by Crippen LogP contribution is -2.12. The maximum Gasteiger partial charge on any atom is 0.133 e. The predicted molar refractivity (Wildman–Crippen MR) is 83.1 cm³/mol. The van der Waals surface area contributed by atoms with Crippen LogP contribution in [-0.2, 0) is 10.8 Å². The summed E-state index contributed by atoms with van der Waals surface area (Å²) in [4.78, 5) is 4.91. The van der Waals surface area contributed by atoms with Gasteiger partial charge in [0, 0.05) is 17.3 Å². The summed E-state index contributed by atoms with van der Waals surface area (Å²) in [6.07, 6.45) is 9.13. The van der Waals surface area contributed by atoms with Gasteiger partial charge in [-0.15, -0.1) is 0 Å². The van der Waals surface area contributed by atoms with Gasteiger partial charge in [-0.2, -0.15) is 0 Å². The van der Waals surface area contributed by atoms with E-state index < -0.39 is 10.8 Å². The second-order valence-corrected chi connectivity index (χ2v) is 6.45. The third-order valence-corrected chi connectivity index (χ3v) is 5.07. The molecule has 0 aliphatic carbocycles. The van der Waals surface area contributed by atoms with Crippen molar-refractivity contribution in [2.75, 3.05) is 0 Å². The lowest BCUT2D eigenvalue weighted by atomic mass is 10.1. The van der Waals surface area contributed by atoms with Crippen LogP contribution in [0.25, 0.3) is 0 Å². The van der Waals surface area contributed by atoms with Crippen LogP contribution in [-0.4, -0.2) is 13.8 Å². The lowest BCUT2D eigenvalue weighted by Gasteiger charge is -2.16. The minimum atomic E-state index is -1.14. The third kappa shape index (κ3) is 2.90. The van der Waals surface area contributed by atoms with Gasteiger partial charge in [-0.3, -0.25) is 4.21 Å². The van der Waals surface area contributed by atoms with E-state index in [0.717, 1.165) is 4.90 Å². The van der Waals surface area contributed by atoms with E-state index in [1.165, 1.54) is 16.7 Å². The molecule has 2 rings (SSSR count). The van der Waals surface area contributed by atoms with E-state index in [4.69, 9.17) is 0 Å². The van der Waals surface area contributed by atoms with Gasteiger partial charge in [0.2, 0.25) is 0 Å². The molecule has 0 fully saturated rings. The van der Waals surface area contributed by atoms with E-state index in [1.807, 2.05) is 42.0 Å². The Labute approximate surface area is 122 Å². The van der Waals surface area contributed by atoms with Crippen LogP contribution in [0.4, 0.5) is 0 Å². The molecule has 20 heavy (non-hydrogen) atoms. The van der Waals surface area contributed by atoms with Crippen LogP contribution in [0.5, 0.6) is 0 Å². The van der Waals surface area contributed by atoms with Crippen LogP contribution in [0.3, 0.4) is 0 Å². The molecule has 1 aromatic carbocycles. The predicted octanol–water partition coefficient (Wildman–Crippen LogP) is 3.69. The molecular weight excluding hydrogens is 268 g/mol. The van der Waals surface area contributed by atoms with Crippen molar-refractivity contribution in [3.05, 3.63) is 59.7 Å². The summed E-state index contributed by atoms with van der Waals surface area (Å²) in [6, 6.07) is 4.04. The molecule has 1 heterocycles. The molecule has 0 spiro atoms. The number of imidazole rings is 1. The van der Waals surface area contributed by atoms with Crippen molar-refractivity contribution in [3.8, 4) is 0 Å². The average molecular weight is 288 g/mol. The summed E-state index contributed by atoms with van der Waals surface area (Å²) >= 11 is 0. The Bertz CT molecular complexity index is 621. The number of nitrogens with zero attached hydrogens (tertiary/aromatic N) is 2. The Balaban J connectivity index is 2.43. The van der Waals surface area contributed by atoms with Crippen LogP contribution >= 0.6 is 0 Å².